The molecular formula is C19H29IN6. The third-order valence-corrected chi connectivity index (χ3v) is 4.69. The zero-order chi connectivity index (χ0) is 17.5. The van der Waals surface area contributed by atoms with Gasteiger partial charge < -0.3 is 14.8 Å². The average Bonchev–Trinajstić information content (AvgIpc) is 3.28. The van der Waals surface area contributed by atoms with Gasteiger partial charge in [0.05, 0.1) is 0 Å². The normalized spacial score (nSPS) is 17.2. The third kappa shape index (κ3) is 5.43. The van der Waals surface area contributed by atoms with Crippen LogP contribution in [-0.2, 0) is 19.5 Å². The summed E-state index contributed by atoms with van der Waals surface area (Å²) in [6.45, 7) is 8.63. The Kier molecular flexibility index (Phi) is 8.34. The molecule has 26 heavy (non-hydrogen) atoms. The number of hydrogen-bond donors (Lipinski definition) is 1. The maximum Gasteiger partial charge on any atom is 0.194 e. The largest absolute Gasteiger partial charge is 0.357 e. The fraction of sp³-hybridized carbons (Fsp3) is 0.526. The van der Waals surface area contributed by atoms with Gasteiger partial charge in [0.15, 0.2) is 11.8 Å². The molecule has 1 aliphatic heterocycles. The Morgan fingerprint density at radius 3 is 2.81 bits per heavy atom. The minimum Gasteiger partial charge on any atom is -0.357 e. The highest BCUT2D eigenvalue weighted by Crippen LogP contribution is 2.21. The van der Waals surface area contributed by atoms with E-state index in [1.807, 2.05) is 4.57 Å². The van der Waals surface area contributed by atoms with E-state index in [4.69, 9.17) is 4.99 Å². The van der Waals surface area contributed by atoms with E-state index in [1.165, 1.54) is 12.0 Å². The molecule has 1 saturated heterocycles. The van der Waals surface area contributed by atoms with E-state index in [2.05, 4.69) is 64.6 Å². The zero-order valence-electron chi connectivity index (χ0n) is 15.6. The lowest BCUT2D eigenvalue weighted by atomic mass is 9.99. The van der Waals surface area contributed by atoms with Crippen molar-refractivity contribution in [2.24, 2.45) is 10.9 Å². The molecule has 0 spiro atoms. The maximum absolute atomic E-state index is 4.80. The first-order valence-electron chi connectivity index (χ1n) is 9.24. The average molecular weight is 468 g/mol. The van der Waals surface area contributed by atoms with Crippen LogP contribution in [0.1, 0.15) is 31.7 Å². The molecule has 1 unspecified atom stereocenters. The number of hydrogen-bond acceptors (Lipinski definition) is 3. The molecular weight excluding hydrogens is 439 g/mol. The van der Waals surface area contributed by atoms with Crippen LogP contribution in [-0.4, -0.2) is 45.3 Å². The van der Waals surface area contributed by atoms with Crippen molar-refractivity contribution >= 4 is 29.9 Å². The van der Waals surface area contributed by atoms with Crippen molar-refractivity contribution in [2.45, 2.75) is 39.8 Å². The molecule has 1 aromatic heterocycles. The lowest BCUT2D eigenvalue weighted by Gasteiger charge is -2.21. The van der Waals surface area contributed by atoms with Crippen LogP contribution in [0.5, 0.6) is 0 Å². The maximum atomic E-state index is 4.80. The van der Waals surface area contributed by atoms with Crippen LogP contribution >= 0.6 is 24.0 Å². The molecule has 0 bridgehead atoms. The van der Waals surface area contributed by atoms with Crippen LogP contribution in [0.3, 0.4) is 0 Å². The number of aromatic nitrogens is 3. The second kappa shape index (κ2) is 10.5. The van der Waals surface area contributed by atoms with E-state index in [-0.39, 0.29) is 24.0 Å². The predicted octanol–water partition coefficient (Wildman–Crippen LogP) is 2.95. The van der Waals surface area contributed by atoms with Gasteiger partial charge in [-0.2, -0.15) is 0 Å². The van der Waals surface area contributed by atoms with Crippen LogP contribution in [0.4, 0.5) is 0 Å². The number of aryl methyl sites for hydroxylation is 1. The Morgan fingerprint density at radius 1 is 1.27 bits per heavy atom. The van der Waals surface area contributed by atoms with Crippen LogP contribution in [0.15, 0.2) is 41.7 Å². The van der Waals surface area contributed by atoms with E-state index in [0.717, 1.165) is 44.4 Å². The number of guanidine groups is 1. The van der Waals surface area contributed by atoms with Gasteiger partial charge in [0, 0.05) is 26.2 Å². The van der Waals surface area contributed by atoms with Gasteiger partial charge >= 0.3 is 0 Å². The van der Waals surface area contributed by atoms with Gasteiger partial charge in [0.2, 0.25) is 0 Å². The molecule has 1 aliphatic rings. The van der Waals surface area contributed by atoms with Gasteiger partial charge in [0.1, 0.15) is 12.9 Å². The first-order chi connectivity index (χ1) is 12.3. The first kappa shape index (κ1) is 20.7. The molecule has 2 heterocycles. The van der Waals surface area contributed by atoms with Gasteiger partial charge in [0.25, 0.3) is 0 Å². The highest BCUT2D eigenvalue weighted by Gasteiger charge is 2.25. The van der Waals surface area contributed by atoms with Gasteiger partial charge in [-0.05, 0) is 38.2 Å². The topological polar surface area (TPSA) is 58.3 Å². The van der Waals surface area contributed by atoms with Gasteiger partial charge in [-0.3, -0.25) is 0 Å². The van der Waals surface area contributed by atoms with E-state index >= 15 is 0 Å². The van der Waals surface area contributed by atoms with Crippen molar-refractivity contribution in [3.8, 4) is 0 Å². The van der Waals surface area contributed by atoms with Crippen molar-refractivity contribution in [3.63, 3.8) is 0 Å². The molecule has 2 aromatic rings. The fourth-order valence-corrected chi connectivity index (χ4v) is 3.38. The monoisotopic (exact) mass is 468 g/mol. The summed E-state index contributed by atoms with van der Waals surface area (Å²) in [5, 5.41) is 11.6. The van der Waals surface area contributed by atoms with E-state index in [9.17, 15) is 0 Å². The lowest BCUT2D eigenvalue weighted by Crippen LogP contribution is -2.40. The molecule has 0 saturated carbocycles. The summed E-state index contributed by atoms with van der Waals surface area (Å²) in [7, 11) is 0. The Morgan fingerprint density at radius 2 is 2.08 bits per heavy atom. The fourth-order valence-electron chi connectivity index (χ4n) is 3.38. The summed E-state index contributed by atoms with van der Waals surface area (Å²) >= 11 is 0. The summed E-state index contributed by atoms with van der Waals surface area (Å²) in [5.41, 5.74) is 1.42. The second-order valence-corrected chi connectivity index (χ2v) is 6.49. The number of likely N-dealkylation sites (tertiary alicyclic amines) is 1. The number of halogens is 1. The molecule has 7 heteroatoms. The number of nitrogens with zero attached hydrogens (tertiary/aromatic N) is 5. The standard InChI is InChI=1S/C19H28N6.HI/c1-3-20-19(21-13-18-23-22-15-24(18)4-2)25-11-10-17(14-25)12-16-8-6-5-7-9-16;/h5-9,15,17H,3-4,10-14H2,1-2H3,(H,20,21);1H. The SMILES string of the molecule is CCNC(=NCc1nncn1CC)N1CCC(Cc2ccccc2)C1.I. The van der Waals surface area contributed by atoms with E-state index in [1.54, 1.807) is 6.33 Å². The number of aliphatic imine (C=N–C) groups is 1. The molecule has 0 aliphatic carbocycles. The molecule has 1 fully saturated rings. The molecule has 3 rings (SSSR count). The van der Waals surface area contributed by atoms with Crippen molar-refractivity contribution < 1.29 is 0 Å². The van der Waals surface area contributed by atoms with Crippen LogP contribution in [0.2, 0.25) is 0 Å². The molecule has 142 valence electrons. The number of nitrogens with one attached hydrogen (secondary N) is 1. The van der Waals surface area contributed by atoms with Crippen molar-refractivity contribution in [1.29, 1.82) is 0 Å². The molecule has 0 amide bonds. The van der Waals surface area contributed by atoms with E-state index in [0.29, 0.717) is 12.5 Å². The summed E-state index contributed by atoms with van der Waals surface area (Å²) in [4.78, 5) is 7.17. The van der Waals surface area contributed by atoms with Crippen LogP contribution in [0.25, 0.3) is 0 Å². The van der Waals surface area contributed by atoms with Crippen LogP contribution < -0.4 is 5.32 Å². The highest BCUT2D eigenvalue weighted by atomic mass is 127. The van der Waals surface area contributed by atoms with Crippen LogP contribution in [0, 0.1) is 5.92 Å². The molecule has 6 nitrogen and oxygen atoms in total. The molecule has 1 atom stereocenters. The summed E-state index contributed by atoms with van der Waals surface area (Å²) in [6, 6.07) is 10.8. The Labute approximate surface area is 173 Å². The summed E-state index contributed by atoms with van der Waals surface area (Å²) in [6.07, 6.45) is 4.12. The summed E-state index contributed by atoms with van der Waals surface area (Å²) < 4.78 is 2.04. The Hall–Kier alpha value is -1.64. The van der Waals surface area contributed by atoms with Gasteiger partial charge in [-0.15, -0.1) is 34.2 Å². The number of rotatable bonds is 6. The quantitative estimate of drug-likeness (QED) is 0.403. The van der Waals surface area contributed by atoms with Gasteiger partial charge in [-0.1, -0.05) is 30.3 Å². The number of benzene rings is 1. The van der Waals surface area contributed by atoms with Crippen molar-refractivity contribution in [1.82, 2.24) is 25.0 Å². The highest BCUT2D eigenvalue weighted by molar-refractivity contribution is 14.0. The minimum atomic E-state index is 0. The summed E-state index contributed by atoms with van der Waals surface area (Å²) in [5.74, 6) is 2.59. The predicted molar refractivity (Wildman–Crippen MR) is 116 cm³/mol. The lowest BCUT2D eigenvalue weighted by molar-refractivity contribution is 0.459. The van der Waals surface area contributed by atoms with Gasteiger partial charge in [-0.25, -0.2) is 4.99 Å². The Balaban J connectivity index is 0.00000243. The first-order valence-corrected chi connectivity index (χ1v) is 9.24. The van der Waals surface area contributed by atoms with E-state index < -0.39 is 0 Å². The zero-order valence-corrected chi connectivity index (χ0v) is 18.0. The third-order valence-electron chi connectivity index (χ3n) is 4.69. The smallest absolute Gasteiger partial charge is 0.194 e. The molecule has 0 radical (unpaired) electrons. The van der Waals surface area contributed by atoms with Crippen molar-refractivity contribution in [2.75, 3.05) is 19.6 Å². The van der Waals surface area contributed by atoms with Crippen molar-refractivity contribution in [3.05, 3.63) is 48.0 Å². The second-order valence-electron chi connectivity index (χ2n) is 6.49. The molecule has 1 aromatic carbocycles. The molecule has 1 N–H and O–H groups in total. The Bertz CT molecular complexity index is 684. The minimum absolute atomic E-state index is 0.